The van der Waals surface area contributed by atoms with Crippen molar-refractivity contribution in [3.05, 3.63) is 102 Å². The van der Waals surface area contributed by atoms with Crippen molar-refractivity contribution in [3.63, 3.8) is 0 Å². The van der Waals surface area contributed by atoms with Crippen LogP contribution in [0, 0.1) is 25.5 Å². The Hall–Kier alpha value is -3.52. The zero-order valence-corrected chi connectivity index (χ0v) is 19.1. The molecule has 0 aliphatic carbocycles. The highest BCUT2D eigenvalue weighted by Gasteiger charge is 2.27. The molecule has 4 rings (SSSR count). The van der Waals surface area contributed by atoms with Crippen molar-refractivity contribution in [1.29, 1.82) is 0 Å². The van der Waals surface area contributed by atoms with Crippen LogP contribution in [0.25, 0.3) is 10.9 Å². The number of sulfonamides is 1. The van der Waals surface area contributed by atoms with Crippen LogP contribution in [0.3, 0.4) is 0 Å². The van der Waals surface area contributed by atoms with E-state index in [0.29, 0.717) is 12.2 Å². The molecule has 33 heavy (non-hydrogen) atoms. The summed E-state index contributed by atoms with van der Waals surface area (Å²) in [6.07, 6.45) is 3.42. The van der Waals surface area contributed by atoms with E-state index in [1.165, 1.54) is 36.4 Å². The molecule has 0 amide bonds. The first kappa shape index (κ1) is 22.7. The van der Waals surface area contributed by atoms with E-state index in [4.69, 9.17) is 0 Å². The monoisotopic (exact) mass is 467 g/mol. The Morgan fingerprint density at radius 3 is 2.21 bits per heavy atom. The molecule has 0 bridgehead atoms. The Morgan fingerprint density at radius 2 is 1.61 bits per heavy atom. The SMILES string of the molecule is C=CCn1c(C)c(C)c2ccnc(CN(c3ccc(F)cc3)S(=O)(=O)c3ccc(F)cc3)c21. The standard InChI is InChI=1S/C25H23F2N3O2S/c1-4-15-29-18(3)17(2)23-13-14-28-24(25(23)29)16-30(21-9-5-19(26)6-10-21)33(31,32)22-11-7-20(27)8-12-22/h4-14H,1,15-16H2,2-3H3. The molecule has 0 unspecified atom stereocenters. The second kappa shape index (κ2) is 8.78. The predicted molar refractivity (Wildman–Crippen MR) is 126 cm³/mol. The minimum Gasteiger partial charge on any atom is -0.339 e. The molecule has 0 aliphatic rings. The maximum absolute atomic E-state index is 13.6. The number of aryl methyl sites for hydroxylation is 1. The summed E-state index contributed by atoms with van der Waals surface area (Å²) in [5.41, 5.74) is 3.74. The number of fused-ring (bicyclic) bond motifs is 1. The molecular formula is C25H23F2N3O2S. The van der Waals surface area contributed by atoms with Gasteiger partial charge < -0.3 is 4.57 Å². The number of halogens is 2. The quantitative estimate of drug-likeness (QED) is 0.337. The first-order chi connectivity index (χ1) is 15.7. The van der Waals surface area contributed by atoms with Crippen molar-refractivity contribution in [2.75, 3.05) is 4.31 Å². The lowest BCUT2D eigenvalue weighted by molar-refractivity contribution is 0.588. The van der Waals surface area contributed by atoms with Crippen molar-refractivity contribution in [1.82, 2.24) is 9.55 Å². The number of aromatic nitrogens is 2. The van der Waals surface area contributed by atoms with Gasteiger partial charge in [-0.25, -0.2) is 17.2 Å². The molecule has 170 valence electrons. The lowest BCUT2D eigenvalue weighted by atomic mass is 10.1. The average Bonchev–Trinajstić information content (AvgIpc) is 3.04. The Morgan fingerprint density at radius 1 is 1.00 bits per heavy atom. The largest absolute Gasteiger partial charge is 0.339 e. The molecule has 8 heteroatoms. The fourth-order valence-corrected chi connectivity index (χ4v) is 5.36. The molecule has 5 nitrogen and oxygen atoms in total. The van der Waals surface area contributed by atoms with Gasteiger partial charge in [0.2, 0.25) is 0 Å². The van der Waals surface area contributed by atoms with Gasteiger partial charge in [0.25, 0.3) is 10.0 Å². The molecule has 0 fully saturated rings. The van der Waals surface area contributed by atoms with Crippen molar-refractivity contribution in [2.45, 2.75) is 31.8 Å². The molecular weight excluding hydrogens is 444 g/mol. The van der Waals surface area contributed by atoms with Crippen LogP contribution in [-0.4, -0.2) is 18.0 Å². The summed E-state index contributed by atoms with van der Waals surface area (Å²) in [4.78, 5) is 4.44. The summed E-state index contributed by atoms with van der Waals surface area (Å²) in [6, 6.07) is 11.7. The molecule has 0 N–H and O–H groups in total. The van der Waals surface area contributed by atoms with Crippen molar-refractivity contribution in [3.8, 4) is 0 Å². The number of anilines is 1. The van der Waals surface area contributed by atoms with Gasteiger partial charge in [0.05, 0.1) is 28.3 Å². The van der Waals surface area contributed by atoms with Crippen LogP contribution in [0.15, 0.2) is 78.3 Å². The number of hydrogen-bond acceptors (Lipinski definition) is 3. The summed E-state index contributed by atoms with van der Waals surface area (Å²) in [7, 11) is -4.10. The molecule has 0 radical (unpaired) electrons. The smallest absolute Gasteiger partial charge is 0.264 e. The van der Waals surface area contributed by atoms with E-state index >= 15 is 0 Å². The van der Waals surface area contributed by atoms with Gasteiger partial charge >= 0.3 is 0 Å². The van der Waals surface area contributed by atoms with E-state index in [1.807, 2.05) is 24.5 Å². The third-order valence-corrected chi connectivity index (χ3v) is 7.53. The summed E-state index contributed by atoms with van der Waals surface area (Å²) >= 11 is 0. The van der Waals surface area contributed by atoms with E-state index in [1.54, 1.807) is 12.3 Å². The van der Waals surface area contributed by atoms with E-state index in [0.717, 1.165) is 38.6 Å². The van der Waals surface area contributed by atoms with Crippen LogP contribution in [0.5, 0.6) is 0 Å². The van der Waals surface area contributed by atoms with Crippen molar-refractivity contribution >= 4 is 26.6 Å². The van der Waals surface area contributed by atoms with Crippen LogP contribution in [0.2, 0.25) is 0 Å². The van der Waals surface area contributed by atoms with Crippen molar-refractivity contribution < 1.29 is 17.2 Å². The van der Waals surface area contributed by atoms with Gasteiger partial charge in [-0.2, -0.15) is 0 Å². The molecule has 2 aromatic heterocycles. The molecule has 0 atom stereocenters. The van der Waals surface area contributed by atoms with Crippen LogP contribution in [-0.2, 0) is 23.1 Å². The topological polar surface area (TPSA) is 55.2 Å². The minimum absolute atomic E-state index is 0.0748. The van der Waals surface area contributed by atoms with E-state index in [2.05, 4.69) is 11.6 Å². The van der Waals surface area contributed by atoms with Gasteiger partial charge in [-0.3, -0.25) is 9.29 Å². The normalized spacial score (nSPS) is 11.6. The van der Waals surface area contributed by atoms with Gasteiger partial charge in [-0.15, -0.1) is 6.58 Å². The average molecular weight is 468 g/mol. The fraction of sp³-hybridized carbons (Fsp3) is 0.160. The Labute approximate surface area is 191 Å². The van der Waals surface area contributed by atoms with Gasteiger partial charge in [0.1, 0.15) is 11.6 Å². The van der Waals surface area contributed by atoms with Crippen molar-refractivity contribution in [2.24, 2.45) is 0 Å². The lowest BCUT2D eigenvalue weighted by Gasteiger charge is -2.25. The Kier molecular flexibility index (Phi) is 6.03. The zero-order chi connectivity index (χ0) is 23.8. The van der Waals surface area contributed by atoms with E-state index in [9.17, 15) is 17.2 Å². The van der Waals surface area contributed by atoms with Crippen LogP contribution >= 0.6 is 0 Å². The third kappa shape index (κ3) is 4.14. The van der Waals surface area contributed by atoms with Gasteiger partial charge in [0, 0.05) is 23.8 Å². The number of allylic oxidation sites excluding steroid dienone is 1. The maximum atomic E-state index is 13.6. The minimum atomic E-state index is -4.10. The van der Waals surface area contributed by atoms with Crippen LogP contribution < -0.4 is 4.31 Å². The lowest BCUT2D eigenvalue weighted by Crippen LogP contribution is -2.31. The molecule has 4 aromatic rings. The second-order valence-electron chi connectivity index (χ2n) is 7.71. The Bertz CT molecular complexity index is 1430. The van der Waals surface area contributed by atoms with Crippen LogP contribution in [0.4, 0.5) is 14.5 Å². The highest BCUT2D eigenvalue weighted by Crippen LogP contribution is 2.31. The number of benzene rings is 2. The first-order valence-electron chi connectivity index (χ1n) is 10.3. The molecule has 0 saturated heterocycles. The van der Waals surface area contributed by atoms with E-state index in [-0.39, 0.29) is 17.1 Å². The van der Waals surface area contributed by atoms with Gasteiger partial charge in [0.15, 0.2) is 0 Å². The number of hydrogen-bond donors (Lipinski definition) is 0. The Balaban J connectivity index is 1.90. The second-order valence-corrected chi connectivity index (χ2v) is 9.57. The molecule has 0 saturated carbocycles. The fourth-order valence-electron chi connectivity index (χ4n) is 3.93. The maximum Gasteiger partial charge on any atom is 0.264 e. The molecule has 0 spiro atoms. The van der Waals surface area contributed by atoms with Gasteiger partial charge in [-0.1, -0.05) is 6.08 Å². The highest BCUT2D eigenvalue weighted by atomic mass is 32.2. The van der Waals surface area contributed by atoms with E-state index < -0.39 is 21.7 Å². The summed E-state index contributed by atoms with van der Waals surface area (Å²) in [6.45, 7) is 8.28. The summed E-state index contributed by atoms with van der Waals surface area (Å²) < 4.78 is 57.5. The number of pyridine rings is 1. The molecule has 2 aromatic carbocycles. The number of rotatable bonds is 7. The summed E-state index contributed by atoms with van der Waals surface area (Å²) in [5, 5.41) is 0.970. The third-order valence-electron chi connectivity index (χ3n) is 5.74. The summed E-state index contributed by atoms with van der Waals surface area (Å²) in [5.74, 6) is -1.02. The molecule has 2 heterocycles. The first-order valence-corrected chi connectivity index (χ1v) is 11.8. The predicted octanol–water partition coefficient (Wildman–Crippen LogP) is 5.51. The zero-order valence-electron chi connectivity index (χ0n) is 18.3. The number of nitrogens with zero attached hydrogens (tertiary/aromatic N) is 3. The highest BCUT2D eigenvalue weighted by molar-refractivity contribution is 7.92. The van der Waals surface area contributed by atoms with Gasteiger partial charge in [-0.05, 0) is 74.0 Å². The van der Waals surface area contributed by atoms with Crippen LogP contribution in [0.1, 0.15) is 17.0 Å². The molecule has 0 aliphatic heterocycles.